The van der Waals surface area contributed by atoms with E-state index < -0.39 is 0 Å². The average Bonchev–Trinajstić information content (AvgIpc) is 2.93. The lowest BCUT2D eigenvalue weighted by Crippen LogP contribution is -2.34. The smallest absolute Gasteiger partial charge is 0.136 e. The lowest BCUT2D eigenvalue weighted by atomic mass is 10.1. The van der Waals surface area contributed by atoms with Gasteiger partial charge in [0.15, 0.2) is 0 Å². The number of nitrogens with one attached hydrogen (secondary N) is 2. The summed E-state index contributed by atoms with van der Waals surface area (Å²) in [5.74, 6) is 1.94. The summed E-state index contributed by atoms with van der Waals surface area (Å²) in [7, 11) is 0. The van der Waals surface area contributed by atoms with E-state index in [9.17, 15) is 4.79 Å². The molecular weight excluding hydrogens is 242 g/mol. The van der Waals surface area contributed by atoms with Crippen molar-refractivity contribution in [3.63, 3.8) is 0 Å². The number of hydrogen-bond donors (Lipinski definition) is 2. The zero-order valence-electron chi connectivity index (χ0n) is 10.5. The van der Waals surface area contributed by atoms with Crippen molar-refractivity contribution in [2.45, 2.75) is 12.8 Å². The Kier molecular flexibility index (Phi) is 3.14. The second-order valence-corrected chi connectivity index (χ2v) is 4.51. The topological polar surface area (TPSA) is 73.9 Å². The molecule has 0 bridgehead atoms. The molecule has 0 aliphatic carbocycles. The number of nitrogens with zero attached hydrogens (tertiary/aromatic N) is 3. The number of aromatic nitrogens is 3. The van der Waals surface area contributed by atoms with E-state index in [1.54, 1.807) is 6.33 Å². The third kappa shape index (κ3) is 2.73. The fraction of sp³-hybridized carbons (Fsp3) is 0.308. The second-order valence-electron chi connectivity index (χ2n) is 4.51. The molecule has 3 rings (SSSR count). The minimum absolute atomic E-state index is 0.330. The SMILES string of the molecule is O=C1CCN(c2cc(Nc3cc[nH]c3)ncn2)CC1. The molecule has 1 aliphatic rings. The molecule has 0 radical (unpaired) electrons. The Morgan fingerprint density at radius 1 is 1.26 bits per heavy atom. The highest BCUT2D eigenvalue weighted by Crippen LogP contribution is 2.20. The number of anilines is 3. The number of aromatic amines is 1. The lowest BCUT2D eigenvalue weighted by molar-refractivity contribution is -0.119. The van der Waals surface area contributed by atoms with Crippen LogP contribution in [-0.4, -0.2) is 33.8 Å². The highest BCUT2D eigenvalue weighted by molar-refractivity contribution is 5.80. The number of ketones is 1. The van der Waals surface area contributed by atoms with E-state index in [1.165, 1.54) is 0 Å². The number of piperidine rings is 1. The molecule has 0 amide bonds. The predicted molar refractivity (Wildman–Crippen MR) is 72.6 cm³/mol. The average molecular weight is 257 g/mol. The number of rotatable bonds is 3. The van der Waals surface area contributed by atoms with Crippen LogP contribution in [0.3, 0.4) is 0 Å². The largest absolute Gasteiger partial charge is 0.366 e. The summed E-state index contributed by atoms with van der Waals surface area (Å²) in [6.45, 7) is 1.47. The summed E-state index contributed by atoms with van der Waals surface area (Å²) in [5.41, 5.74) is 0.957. The molecule has 2 aromatic heterocycles. The van der Waals surface area contributed by atoms with Gasteiger partial charge in [0.2, 0.25) is 0 Å². The van der Waals surface area contributed by atoms with Crippen LogP contribution in [0, 0.1) is 0 Å². The highest BCUT2D eigenvalue weighted by atomic mass is 16.1. The van der Waals surface area contributed by atoms with Crippen LogP contribution in [0.15, 0.2) is 30.9 Å². The molecule has 2 N–H and O–H groups in total. The summed E-state index contributed by atoms with van der Waals surface area (Å²) in [6.07, 6.45) is 6.46. The van der Waals surface area contributed by atoms with Gasteiger partial charge in [-0.2, -0.15) is 0 Å². The van der Waals surface area contributed by atoms with E-state index in [2.05, 4.69) is 25.2 Å². The molecule has 0 saturated carbocycles. The Morgan fingerprint density at radius 2 is 2.11 bits per heavy atom. The molecule has 3 heterocycles. The zero-order valence-corrected chi connectivity index (χ0v) is 10.5. The summed E-state index contributed by atoms with van der Waals surface area (Å²) in [5, 5.41) is 3.20. The number of carbonyl (C=O) groups excluding carboxylic acids is 1. The molecular formula is C13H15N5O. The summed E-state index contributed by atoms with van der Waals surface area (Å²) in [6, 6.07) is 3.84. The summed E-state index contributed by atoms with van der Waals surface area (Å²) in [4.78, 5) is 24.8. The number of carbonyl (C=O) groups is 1. The van der Waals surface area contributed by atoms with Crippen LogP contribution in [0.2, 0.25) is 0 Å². The number of H-pyrrole nitrogens is 1. The minimum atomic E-state index is 0.330. The molecule has 0 spiro atoms. The molecule has 1 saturated heterocycles. The maximum Gasteiger partial charge on any atom is 0.136 e. The first kappa shape index (κ1) is 11.7. The van der Waals surface area contributed by atoms with Gasteiger partial charge in [-0.3, -0.25) is 4.79 Å². The molecule has 0 unspecified atom stereocenters. The predicted octanol–water partition coefficient (Wildman–Crippen LogP) is 1.72. The highest BCUT2D eigenvalue weighted by Gasteiger charge is 2.17. The Hall–Kier alpha value is -2.37. The molecule has 0 aromatic carbocycles. The van der Waals surface area contributed by atoms with E-state index in [1.807, 2.05) is 24.5 Å². The maximum absolute atomic E-state index is 11.2. The van der Waals surface area contributed by atoms with E-state index >= 15 is 0 Å². The van der Waals surface area contributed by atoms with Crippen molar-refractivity contribution in [1.29, 1.82) is 0 Å². The van der Waals surface area contributed by atoms with Gasteiger partial charge in [-0.15, -0.1) is 0 Å². The van der Waals surface area contributed by atoms with Gasteiger partial charge < -0.3 is 15.2 Å². The monoisotopic (exact) mass is 257 g/mol. The Labute approximate surface area is 110 Å². The van der Waals surface area contributed by atoms with Crippen LogP contribution in [-0.2, 0) is 4.79 Å². The fourth-order valence-corrected chi connectivity index (χ4v) is 2.12. The van der Waals surface area contributed by atoms with Gasteiger partial charge in [-0.05, 0) is 6.07 Å². The van der Waals surface area contributed by atoms with Gasteiger partial charge in [0.25, 0.3) is 0 Å². The third-order valence-corrected chi connectivity index (χ3v) is 3.17. The van der Waals surface area contributed by atoms with Crippen LogP contribution >= 0.6 is 0 Å². The number of hydrogen-bond acceptors (Lipinski definition) is 5. The van der Waals surface area contributed by atoms with Crippen molar-refractivity contribution in [3.05, 3.63) is 30.9 Å². The first-order chi connectivity index (χ1) is 9.31. The first-order valence-corrected chi connectivity index (χ1v) is 6.30. The van der Waals surface area contributed by atoms with E-state index in [0.29, 0.717) is 18.6 Å². The first-order valence-electron chi connectivity index (χ1n) is 6.30. The van der Waals surface area contributed by atoms with Crippen LogP contribution in [0.1, 0.15) is 12.8 Å². The van der Waals surface area contributed by atoms with Gasteiger partial charge in [-0.25, -0.2) is 9.97 Å². The van der Waals surface area contributed by atoms with Crippen molar-refractivity contribution < 1.29 is 4.79 Å². The van der Waals surface area contributed by atoms with Gasteiger partial charge in [0, 0.05) is 44.4 Å². The van der Waals surface area contributed by atoms with Crippen LogP contribution in [0.25, 0.3) is 0 Å². The van der Waals surface area contributed by atoms with E-state index in [0.717, 1.165) is 30.4 Å². The molecule has 6 heteroatoms. The Balaban J connectivity index is 1.74. The third-order valence-electron chi connectivity index (χ3n) is 3.17. The van der Waals surface area contributed by atoms with Gasteiger partial charge in [0.1, 0.15) is 23.7 Å². The van der Waals surface area contributed by atoms with Gasteiger partial charge in [-0.1, -0.05) is 0 Å². The van der Waals surface area contributed by atoms with Crippen LogP contribution in [0.5, 0.6) is 0 Å². The van der Waals surface area contributed by atoms with Gasteiger partial charge >= 0.3 is 0 Å². The van der Waals surface area contributed by atoms with E-state index in [-0.39, 0.29) is 0 Å². The number of Topliss-reactive ketones (excluding diaryl/α,β-unsaturated/α-hetero) is 1. The molecule has 98 valence electrons. The van der Waals surface area contributed by atoms with Crippen molar-refractivity contribution in [2.24, 2.45) is 0 Å². The minimum Gasteiger partial charge on any atom is -0.366 e. The molecule has 2 aromatic rings. The maximum atomic E-state index is 11.2. The molecule has 6 nitrogen and oxygen atoms in total. The summed E-state index contributed by atoms with van der Waals surface area (Å²) < 4.78 is 0. The zero-order chi connectivity index (χ0) is 13.1. The van der Waals surface area contributed by atoms with Crippen LogP contribution < -0.4 is 10.2 Å². The normalized spacial score (nSPS) is 15.6. The Morgan fingerprint density at radius 3 is 2.84 bits per heavy atom. The van der Waals surface area contributed by atoms with E-state index in [4.69, 9.17) is 0 Å². The second kappa shape index (κ2) is 5.09. The molecule has 19 heavy (non-hydrogen) atoms. The van der Waals surface area contributed by atoms with Gasteiger partial charge in [0.05, 0.1) is 5.69 Å². The molecule has 1 fully saturated rings. The van der Waals surface area contributed by atoms with Crippen molar-refractivity contribution in [1.82, 2.24) is 15.0 Å². The molecule has 1 aliphatic heterocycles. The summed E-state index contributed by atoms with van der Waals surface area (Å²) >= 11 is 0. The lowest BCUT2D eigenvalue weighted by Gasteiger charge is -2.27. The fourth-order valence-electron chi connectivity index (χ4n) is 2.12. The van der Waals surface area contributed by atoms with Crippen molar-refractivity contribution in [3.8, 4) is 0 Å². The van der Waals surface area contributed by atoms with Crippen LogP contribution in [0.4, 0.5) is 17.3 Å². The van der Waals surface area contributed by atoms with Crippen molar-refractivity contribution in [2.75, 3.05) is 23.3 Å². The van der Waals surface area contributed by atoms with Crippen molar-refractivity contribution >= 4 is 23.1 Å². The quantitative estimate of drug-likeness (QED) is 0.875. The standard InChI is InChI=1S/C13H15N5O/c19-11-2-5-18(6-3-11)13-7-12(15-9-16-13)17-10-1-4-14-8-10/h1,4,7-9,14H,2-3,5-6H2,(H,15,16,17). The molecule has 0 atom stereocenters. The Bertz CT molecular complexity index is 556.